The quantitative estimate of drug-likeness (QED) is 0.591. The normalized spacial score (nSPS) is 12.0. The van der Waals surface area contributed by atoms with Gasteiger partial charge in [0, 0.05) is 17.6 Å². The topological polar surface area (TPSA) is 102 Å². The molecule has 0 spiro atoms. The van der Waals surface area contributed by atoms with Crippen LogP contribution in [0.3, 0.4) is 0 Å². The van der Waals surface area contributed by atoms with Gasteiger partial charge in [0.25, 0.3) is 11.4 Å². The highest BCUT2D eigenvalue weighted by atomic mass is 35.5. The second-order valence-electron chi connectivity index (χ2n) is 5.60. The average Bonchev–Trinajstić information content (AvgIpc) is 2.56. The highest BCUT2D eigenvalue weighted by molar-refractivity contribution is 6.31. The lowest BCUT2D eigenvalue weighted by Crippen LogP contribution is -2.27. The Balaban J connectivity index is 2.28. The van der Waals surface area contributed by atoms with Crippen molar-refractivity contribution in [1.82, 2.24) is 4.90 Å². The molecule has 25 heavy (non-hydrogen) atoms. The van der Waals surface area contributed by atoms with Crippen LogP contribution in [0, 0.1) is 20.2 Å². The largest absolute Gasteiger partial charge is 0.378 e. The highest BCUT2D eigenvalue weighted by Gasteiger charge is 2.22. The number of hydrogen-bond donors (Lipinski definition) is 1. The average molecular weight is 365 g/mol. The summed E-state index contributed by atoms with van der Waals surface area (Å²) in [6.07, 6.45) is 0. The van der Waals surface area contributed by atoms with Crippen molar-refractivity contribution in [2.24, 2.45) is 0 Å². The van der Waals surface area contributed by atoms with Gasteiger partial charge in [-0.1, -0.05) is 29.8 Å². The Morgan fingerprint density at radius 3 is 2.36 bits per heavy atom. The summed E-state index contributed by atoms with van der Waals surface area (Å²) in [4.78, 5) is 22.6. The maximum atomic E-state index is 11.2. The van der Waals surface area contributed by atoms with Crippen LogP contribution in [0.4, 0.5) is 17.1 Å². The Morgan fingerprint density at radius 2 is 1.80 bits per heavy atom. The molecule has 0 heterocycles. The van der Waals surface area contributed by atoms with Gasteiger partial charge < -0.3 is 10.2 Å². The lowest BCUT2D eigenvalue weighted by Gasteiger charge is -2.26. The highest BCUT2D eigenvalue weighted by Crippen LogP contribution is 2.31. The molecule has 0 bridgehead atoms. The Hall–Kier alpha value is -2.71. The van der Waals surface area contributed by atoms with Gasteiger partial charge >= 0.3 is 0 Å². The van der Waals surface area contributed by atoms with Crippen LogP contribution < -0.4 is 5.32 Å². The summed E-state index contributed by atoms with van der Waals surface area (Å²) in [5, 5.41) is 25.6. The molecule has 0 saturated heterocycles. The number of nitrogens with zero attached hydrogens (tertiary/aromatic N) is 3. The number of nitrogens with one attached hydrogen (secondary N) is 1. The molecule has 2 rings (SSSR count). The SMILES string of the molecule is CN(C)C(CNc1ccc([N+](=O)[O-])cc1[N+](=O)[O-])c1ccccc1Cl. The number of nitro groups is 2. The third-order valence-corrected chi connectivity index (χ3v) is 4.11. The molecule has 1 atom stereocenters. The molecule has 2 aromatic carbocycles. The third kappa shape index (κ3) is 4.43. The van der Waals surface area contributed by atoms with Crippen LogP contribution in [0.25, 0.3) is 0 Å². The van der Waals surface area contributed by atoms with Gasteiger partial charge in [-0.2, -0.15) is 0 Å². The van der Waals surface area contributed by atoms with Gasteiger partial charge in [0.2, 0.25) is 0 Å². The Morgan fingerprint density at radius 1 is 1.12 bits per heavy atom. The molecule has 0 aliphatic rings. The van der Waals surface area contributed by atoms with Crippen molar-refractivity contribution in [3.05, 3.63) is 73.3 Å². The molecule has 1 unspecified atom stereocenters. The molecular weight excluding hydrogens is 348 g/mol. The van der Waals surface area contributed by atoms with Gasteiger partial charge in [-0.25, -0.2) is 0 Å². The Kier molecular flexibility index (Phi) is 5.89. The Labute approximate surface area is 149 Å². The van der Waals surface area contributed by atoms with Crippen LogP contribution in [-0.4, -0.2) is 35.4 Å². The second kappa shape index (κ2) is 7.91. The minimum atomic E-state index is -0.664. The molecule has 0 aliphatic carbocycles. The lowest BCUT2D eigenvalue weighted by atomic mass is 10.1. The van der Waals surface area contributed by atoms with Crippen LogP contribution >= 0.6 is 11.6 Å². The Bertz CT molecular complexity index is 797. The number of non-ortho nitro benzene ring substituents is 1. The fourth-order valence-electron chi connectivity index (χ4n) is 2.46. The fourth-order valence-corrected chi connectivity index (χ4v) is 2.72. The van der Waals surface area contributed by atoms with E-state index in [0.717, 1.165) is 11.6 Å². The monoisotopic (exact) mass is 364 g/mol. The van der Waals surface area contributed by atoms with Crippen molar-refractivity contribution in [3.63, 3.8) is 0 Å². The number of rotatable bonds is 7. The van der Waals surface area contributed by atoms with Crippen LogP contribution in [0.5, 0.6) is 0 Å². The van der Waals surface area contributed by atoms with E-state index < -0.39 is 9.85 Å². The molecular formula is C16H17ClN4O4. The zero-order valence-electron chi connectivity index (χ0n) is 13.7. The fraction of sp³-hybridized carbons (Fsp3) is 0.250. The van der Waals surface area contributed by atoms with E-state index in [-0.39, 0.29) is 23.1 Å². The minimum absolute atomic E-state index is 0.136. The van der Waals surface area contributed by atoms with Crippen molar-refractivity contribution in [1.29, 1.82) is 0 Å². The molecule has 0 amide bonds. The summed E-state index contributed by atoms with van der Waals surface area (Å²) in [6.45, 7) is 0.343. The van der Waals surface area contributed by atoms with Crippen LogP contribution in [0.2, 0.25) is 5.02 Å². The molecule has 1 N–H and O–H groups in total. The van der Waals surface area contributed by atoms with E-state index >= 15 is 0 Å². The number of nitro benzene ring substituents is 2. The van der Waals surface area contributed by atoms with Gasteiger partial charge in [-0.15, -0.1) is 0 Å². The van der Waals surface area contributed by atoms with Crippen molar-refractivity contribution in [3.8, 4) is 0 Å². The number of benzene rings is 2. The summed E-state index contributed by atoms with van der Waals surface area (Å²) in [6, 6.07) is 10.7. The number of halogens is 1. The van der Waals surface area contributed by atoms with Crippen molar-refractivity contribution in [2.75, 3.05) is 26.0 Å². The van der Waals surface area contributed by atoms with Gasteiger partial charge in [-0.3, -0.25) is 20.2 Å². The summed E-state index contributed by atoms with van der Waals surface area (Å²) in [7, 11) is 3.75. The van der Waals surface area contributed by atoms with Gasteiger partial charge in [0.05, 0.1) is 22.0 Å². The summed E-state index contributed by atoms with van der Waals surface area (Å²) >= 11 is 6.24. The standard InChI is InChI=1S/C16H17ClN4O4/c1-19(2)16(12-5-3-4-6-13(12)17)10-18-14-8-7-11(20(22)23)9-15(14)21(24)25/h3-9,16,18H,10H2,1-2H3. The molecule has 2 aromatic rings. The molecule has 132 valence electrons. The maximum Gasteiger partial charge on any atom is 0.299 e. The van der Waals surface area contributed by atoms with Crippen molar-refractivity contribution >= 4 is 28.7 Å². The van der Waals surface area contributed by atoms with Crippen LogP contribution in [0.1, 0.15) is 11.6 Å². The minimum Gasteiger partial charge on any atom is -0.378 e. The first-order chi connectivity index (χ1) is 11.8. The van der Waals surface area contributed by atoms with E-state index in [4.69, 9.17) is 11.6 Å². The van der Waals surface area contributed by atoms with Crippen LogP contribution in [-0.2, 0) is 0 Å². The molecule has 0 saturated carbocycles. The molecule has 0 aliphatic heterocycles. The first-order valence-electron chi connectivity index (χ1n) is 7.38. The smallest absolute Gasteiger partial charge is 0.299 e. The van der Waals surface area contributed by atoms with Crippen molar-refractivity contribution < 1.29 is 9.85 Å². The zero-order chi connectivity index (χ0) is 18.6. The van der Waals surface area contributed by atoms with Gasteiger partial charge in [0.1, 0.15) is 5.69 Å². The maximum absolute atomic E-state index is 11.2. The summed E-state index contributed by atoms with van der Waals surface area (Å²) in [5.41, 5.74) is 0.430. The first kappa shape index (κ1) is 18.6. The molecule has 0 aromatic heterocycles. The number of likely N-dealkylation sites (N-methyl/N-ethyl adjacent to an activating group) is 1. The van der Waals surface area contributed by atoms with E-state index in [9.17, 15) is 20.2 Å². The van der Waals surface area contributed by atoms with E-state index in [1.165, 1.54) is 12.1 Å². The zero-order valence-corrected chi connectivity index (χ0v) is 14.4. The summed E-state index contributed by atoms with van der Waals surface area (Å²) in [5.74, 6) is 0. The van der Waals surface area contributed by atoms with E-state index in [0.29, 0.717) is 11.6 Å². The lowest BCUT2D eigenvalue weighted by molar-refractivity contribution is -0.393. The van der Waals surface area contributed by atoms with Gasteiger partial charge in [-0.05, 0) is 31.8 Å². The predicted molar refractivity (Wildman–Crippen MR) is 96.1 cm³/mol. The molecule has 9 heteroatoms. The second-order valence-corrected chi connectivity index (χ2v) is 6.00. The predicted octanol–water partition coefficient (Wildman–Crippen LogP) is 3.87. The van der Waals surface area contributed by atoms with Crippen molar-refractivity contribution in [2.45, 2.75) is 6.04 Å². The molecule has 0 fully saturated rings. The third-order valence-electron chi connectivity index (χ3n) is 3.76. The first-order valence-corrected chi connectivity index (χ1v) is 7.76. The number of hydrogen-bond acceptors (Lipinski definition) is 6. The van der Waals surface area contributed by atoms with E-state index in [2.05, 4.69) is 5.32 Å². The molecule has 8 nitrogen and oxygen atoms in total. The number of anilines is 1. The van der Waals surface area contributed by atoms with Gasteiger partial charge in [0.15, 0.2) is 0 Å². The summed E-state index contributed by atoms with van der Waals surface area (Å²) < 4.78 is 0. The van der Waals surface area contributed by atoms with E-state index in [1.807, 2.05) is 37.2 Å². The molecule has 0 radical (unpaired) electrons. The van der Waals surface area contributed by atoms with E-state index in [1.54, 1.807) is 6.07 Å². The van der Waals surface area contributed by atoms with Crippen LogP contribution in [0.15, 0.2) is 42.5 Å².